The molecule has 0 bridgehead atoms. The first-order valence-electron chi connectivity index (χ1n) is 11.9. The summed E-state index contributed by atoms with van der Waals surface area (Å²) in [5, 5.41) is 51.5. The Labute approximate surface area is 195 Å². The predicted octanol–water partition coefficient (Wildman–Crippen LogP) is -1.19. The lowest BCUT2D eigenvalue weighted by molar-refractivity contribution is -0.301. The average Bonchev–Trinajstić information content (AvgIpc) is 3.14. The second kappa shape index (κ2) is 14.5. The Balaban J connectivity index is 1.50. The van der Waals surface area contributed by atoms with Gasteiger partial charge in [0.1, 0.15) is 30.5 Å². The van der Waals surface area contributed by atoms with E-state index in [1.165, 1.54) is 0 Å². The van der Waals surface area contributed by atoms with Crippen LogP contribution in [0, 0.1) is 0 Å². The molecular formula is C22H41NO10. The molecule has 2 aliphatic heterocycles. The molecule has 0 spiro atoms. The van der Waals surface area contributed by atoms with Crippen molar-refractivity contribution in [3.8, 4) is 0 Å². The summed E-state index contributed by atoms with van der Waals surface area (Å²) in [6, 6.07) is 0. The van der Waals surface area contributed by atoms with Gasteiger partial charge in [-0.1, -0.05) is 0 Å². The fraction of sp³-hybridized carbons (Fsp3) is 0.955. The van der Waals surface area contributed by atoms with Crippen molar-refractivity contribution in [2.24, 2.45) is 0 Å². The molecular weight excluding hydrogens is 438 g/mol. The van der Waals surface area contributed by atoms with Gasteiger partial charge in [-0.25, -0.2) is 0 Å². The van der Waals surface area contributed by atoms with Crippen LogP contribution in [0.25, 0.3) is 0 Å². The zero-order valence-corrected chi connectivity index (χ0v) is 19.5. The summed E-state index contributed by atoms with van der Waals surface area (Å²) in [4.78, 5) is 12.0. The second-order valence-electron chi connectivity index (χ2n) is 9.00. The van der Waals surface area contributed by atoms with Crippen molar-refractivity contribution >= 4 is 5.91 Å². The molecule has 6 N–H and O–H groups in total. The second-order valence-corrected chi connectivity index (χ2v) is 9.00. The van der Waals surface area contributed by atoms with Crippen molar-refractivity contribution in [2.75, 3.05) is 26.4 Å². The van der Waals surface area contributed by atoms with Gasteiger partial charge in [0.2, 0.25) is 5.91 Å². The Morgan fingerprint density at radius 3 is 2.48 bits per heavy atom. The van der Waals surface area contributed by atoms with Crippen molar-refractivity contribution in [1.29, 1.82) is 0 Å². The molecule has 2 unspecified atom stereocenters. The largest absolute Gasteiger partial charge is 0.394 e. The number of unbranched alkanes of at least 4 members (excludes halogenated alkanes) is 1. The number of carbonyl (C=O) groups is 1. The number of carbonyl (C=O) groups excluding carboxylic acids is 1. The number of amides is 1. The molecule has 33 heavy (non-hydrogen) atoms. The van der Waals surface area contributed by atoms with Gasteiger partial charge in [-0.05, 0) is 39.5 Å². The van der Waals surface area contributed by atoms with Crippen LogP contribution in [0.15, 0.2) is 0 Å². The van der Waals surface area contributed by atoms with E-state index in [-0.39, 0.29) is 30.8 Å². The zero-order chi connectivity index (χ0) is 24.4. The SMILES string of the molecule is CC(C)OC[C@H]1OC(CCCNC(=O)CCCCO[C@H]2O[C@H](CO)[C@@H](O)[C@H](O)[C@@H]2O)CC1O. The standard InChI is InChI=1S/C22H41NO10/c1-13(2)31-12-17-15(25)10-14(32-17)6-5-8-23-18(26)7-3-4-9-30-22-21(29)20(28)19(27)16(11-24)33-22/h13-17,19-22,24-25,27-29H,3-12H2,1-2H3,(H,23,26)/t14?,15?,16-,17-,19-,20+,21+,22+/m1/s1. The molecule has 8 atom stereocenters. The number of aliphatic hydroxyl groups is 5. The normalized spacial score (nSPS) is 34.7. The van der Waals surface area contributed by atoms with E-state index in [9.17, 15) is 25.2 Å². The minimum atomic E-state index is -1.47. The summed E-state index contributed by atoms with van der Waals surface area (Å²) in [5.41, 5.74) is 0. The monoisotopic (exact) mass is 479 g/mol. The lowest BCUT2D eigenvalue weighted by Gasteiger charge is -2.39. The topological polar surface area (TPSA) is 167 Å². The fourth-order valence-corrected chi connectivity index (χ4v) is 3.88. The molecule has 11 nitrogen and oxygen atoms in total. The zero-order valence-electron chi connectivity index (χ0n) is 19.5. The van der Waals surface area contributed by atoms with Crippen molar-refractivity contribution in [2.45, 2.75) is 107 Å². The molecule has 2 rings (SSSR count). The maximum absolute atomic E-state index is 12.0. The van der Waals surface area contributed by atoms with E-state index in [1.54, 1.807) is 0 Å². The first-order valence-corrected chi connectivity index (χ1v) is 11.9. The fourth-order valence-electron chi connectivity index (χ4n) is 3.88. The molecule has 0 aromatic rings. The Hall–Kier alpha value is -0.890. The van der Waals surface area contributed by atoms with Crippen LogP contribution in [0.1, 0.15) is 52.4 Å². The van der Waals surface area contributed by atoms with Gasteiger partial charge in [0.05, 0.1) is 31.5 Å². The Morgan fingerprint density at radius 2 is 1.79 bits per heavy atom. The van der Waals surface area contributed by atoms with Crippen LogP contribution in [0.4, 0.5) is 0 Å². The summed E-state index contributed by atoms with van der Waals surface area (Å²) in [7, 11) is 0. The molecule has 194 valence electrons. The Kier molecular flexibility index (Phi) is 12.5. The lowest BCUT2D eigenvalue weighted by Crippen LogP contribution is -2.59. The maximum Gasteiger partial charge on any atom is 0.219 e. The van der Waals surface area contributed by atoms with Crippen molar-refractivity contribution in [1.82, 2.24) is 5.32 Å². The molecule has 2 heterocycles. The van der Waals surface area contributed by atoms with Crippen LogP contribution in [-0.2, 0) is 23.7 Å². The van der Waals surface area contributed by atoms with Crippen molar-refractivity contribution < 1.29 is 49.3 Å². The van der Waals surface area contributed by atoms with Gasteiger partial charge in [-0.15, -0.1) is 0 Å². The van der Waals surface area contributed by atoms with E-state index in [1.807, 2.05) is 13.8 Å². The average molecular weight is 480 g/mol. The molecule has 0 aromatic heterocycles. The van der Waals surface area contributed by atoms with Crippen molar-refractivity contribution in [3.05, 3.63) is 0 Å². The number of rotatable bonds is 14. The van der Waals surface area contributed by atoms with Crippen LogP contribution in [0.3, 0.4) is 0 Å². The van der Waals surface area contributed by atoms with Gasteiger partial charge in [0.15, 0.2) is 6.29 Å². The Bertz CT molecular complexity index is 563. The lowest BCUT2D eigenvalue weighted by atomic mass is 9.99. The van der Waals surface area contributed by atoms with Gasteiger partial charge >= 0.3 is 0 Å². The molecule has 11 heteroatoms. The summed E-state index contributed by atoms with van der Waals surface area (Å²) in [5.74, 6) is -0.0709. The van der Waals surface area contributed by atoms with Gasteiger partial charge in [0.25, 0.3) is 0 Å². The van der Waals surface area contributed by atoms with Crippen LogP contribution < -0.4 is 5.32 Å². The van der Waals surface area contributed by atoms with Crippen molar-refractivity contribution in [3.63, 3.8) is 0 Å². The smallest absolute Gasteiger partial charge is 0.219 e. The first-order chi connectivity index (χ1) is 15.7. The van der Waals surface area contributed by atoms with Gasteiger partial charge < -0.3 is 49.8 Å². The molecule has 2 aliphatic rings. The highest BCUT2D eigenvalue weighted by Gasteiger charge is 2.43. The van der Waals surface area contributed by atoms with Crippen LogP contribution in [0.5, 0.6) is 0 Å². The molecule has 0 saturated carbocycles. The van der Waals surface area contributed by atoms with Gasteiger partial charge in [-0.2, -0.15) is 0 Å². The van der Waals surface area contributed by atoms with E-state index in [2.05, 4.69) is 5.32 Å². The summed E-state index contributed by atoms with van der Waals surface area (Å²) >= 11 is 0. The molecule has 1 amide bonds. The highest BCUT2D eigenvalue weighted by Crippen LogP contribution is 2.24. The number of hydrogen-bond donors (Lipinski definition) is 6. The van der Waals surface area contributed by atoms with Gasteiger partial charge in [0, 0.05) is 26.0 Å². The van der Waals surface area contributed by atoms with E-state index in [4.69, 9.17) is 24.1 Å². The van der Waals surface area contributed by atoms with E-state index >= 15 is 0 Å². The summed E-state index contributed by atoms with van der Waals surface area (Å²) < 4.78 is 22.0. The van der Waals surface area contributed by atoms with E-state index < -0.39 is 43.4 Å². The number of aliphatic hydroxyl groups excluding tert-OH is 5. The third-order valence-electron chi connectivity index (χ3n) is 5.85. The molecule has 2 saturated heterocycles. The minimum absolute atomic E-state index is 0.0303. The third-order valence-corrected chi connectivity index (χ3v) is 5.85. The highest BCUT2D eigenvalue weighted by molar-refractivity contribution is 5.75. The minimum Gasteiger partial charge on any atom is -0.394 e. The molecule has 0 radical (unpaired) electrons. The molecule has 2 fully saturated rings. The van der Waals surface area contributed by atoms with E-state index in [0.717, 1.165) is 12.8 Å². The first kappa shape index (κ1) is 28.3. The van der Waals surface area contributed by atoms with Gasteiger partial charge in [-0.3, -0.25) is 4.79 Å². The predicted molar refractivity (Wildman–Crippen MR) is 116 cm³/mol. The van der Waals surface area contributed by atoms with Crippen LogP contribution in [0.2, 0.25) is 0 Å². The highest BCUT2D eigenvalue weighted by atomic mass is 16.7. The quantitative estimate of drug-likeness (QED) is 0.167. The number of hydrogen-bond acceptors (Lipinski definition) is 10. The third kappa shape index (κ3) is 9.35. The number of nitrogens with one attached hydrogen (secondary N) is 1. The molecule has 0 aliphatic carbocycles. The number of ether oxygens (including phenoxy) is 4. The summed E-state index contributed by atoms with van der Waals surface area (Å²) in [6.07, 6.45) is -3.70. The maximum atomic E-state index is 12.0. The van der Waals surface area contributed by atoms with E-state index in [0.29, 0.717) is 38.8 Å². The van der Waals surface area contributed by atoms with Crippen LogP contribution >= 0.6 is 0 Å². The summed E-state index contributed by atoms with van der Waals surface area (Å²) in [6.45, 7) is 4.48. The Morgan fingerprint density at radius 1 is 1.03 bits per heavy atom. The van der Waals surface area contributed by atoms with Crippen LogP contribution in [-0.4, -0.2) is 113 Å². The molecule has 0 aromatic carbocycles.